The maximum absolute atomic E-state index is 12.3. The summed E-state index contributed by atoms with van der Waals surface area (Å²) in [6.07, 6.45) is 3.41. The van der Waals surface area contributed by atoms with E-state index in [0.29, 0.717) is 23.1 Å². The third-order valence-electron chi connectivity index (χ3n) is 4.08. The molecule has 3 N–H and O–H groups in total. The molecule has 0 radical (unpaired) electrons. The number of nitrogens with one attached hydrogen (secondary N) is 1. The maximum Gasteiger partial charge on any atom is 0.253 e. The van der Waals surface area contributed by atoms with Gasteiger partial charge < -0.3 is 11.1 Å². The summed E-state index contributed by atoms with van der Waals surface area (Å²) in [6, 6.07) is 5.89. The molecule has 0 aliphatic heterocycles. The first-order valence-corrected chi connectivity index (χ1v) is 7.13. The molecule has 2 rings (SSSR count). The van der Waals surface area contributed by atoms with E-state index in [2.05, 4.69) is 19.2 Å². The van der Waals surface area contributed by atoms with Crippen LogP contribution in [0.25, 0.3) is 0 Å². The van der Waals surface area contributed by atoms with Gasteiger partial charge in [-0.05, 0) is 49.7 Å². The number of hydrogen-bond donors (Lipinski definition) is 2. The van der Waals surface area contributed by atoms with Crippen LogP contribution in [-0.2, 0) is 0 Å². The van der Waals surface area contributed by atoms with E-state index >= 15 is 0 Å². The lowest BCUT2D eigenvalue weighted by Crippen LogP contribution is -2.40. The summed E-state index contributed by atoms with van der Waals surface area (Å²) in [7, 11) is 0. The van der Waals surface area contributed by atoms with Crippen molar-refractivity contribution in [2.75, 3.05) is 5.73 Å². The number of rotatable bonds is 2. The van der Waals surface area contributed by atoms with Crippen LogP contribution in [0.2, 0.25) is 0 Å². The predicted octanol–water partition coefficient (Wildman–Crippen LogP) is 3.13. The first-order valence-electron chi connectivity index (χ1n) is 7.13. The van der Waals surface area contributed by atoms with Crippen LogP contribution in [0.3, 0.4) is 0 Å². The number of hydrogen-bond acceptors (Lipinski definition) is 2. The van der Waals surface area contributed by atoms with Gasteiger partial charge in [-0.1, -0.05) is 26.0 Å². The van der Waals surface area contributed by atoms with Crippen molar-refractivity contribution in [2.45, 2.75) is 46.1 Å². The zero-order valence-corrected chi connectivity index (χ0v) is 12.1. The van der Waals surface area contributed by atoms with Crippen molar-refractivity contribution in [3.05, 3.63) is 29.3 Å². The van der Waals surface area contributed by atoms with Crippen LogP contribution in [0, 0.1) is 18.8 Å². The molecule has 1 aromatic rings. The molecule has 1 aliphatic carbocycles. The van der Waals surface area contributed by atoms with Gasteiger partial charge in [-0.2, -0.15) is 0 Å². The van der Waals surface area contributed by atoms with E-state index in [1.807, 2.05) is 19.1 Å². The molecule has 0 spiro atoms. The summed E-state index contributed by atoms with van der Waals surface area (Å²) in [5.41, 5.74) is 8.14. The van der Waals surface area contributed by atoms with Crippen molar-refractivity contribution in [1.82, 2.24) is 5.32 Å². The third-order valence-corrected chi connectivity index (χ3v) is 4.08. The Hall–Kier alpha value is -1.51. The smallest absolute Gasteiger partial charge is 0.253 e. The Bertz CT molecular complexity index is 460. The van der Waals surface area contributed by atoms with Crippen molar-refractivity contribution in [1.29, 1.82) is 0 Å². The number of amides is 1. The minimum Gasteiger partial charge on any atom is -0.398 e. The number of anilines is 1. The molecular weight excluding hydrogens is 236 g/mol. The van der Waals surface area contributed by atoms with E-state index in [1.165, 1.54) is 6.42 Å². The molecule has 0 bridgehead atoms. The Labute approximate surface area is 115 Å². The highest BCUT2D eigenvalue weighted by atomic mass is 16.1. The molecule has 0 aromatic heterocycles. The van der Waals surface area contributed by atoms with Crippen LogP contribution in [0.4, 0.5) is 5.69 Å². The van der Waals surface area contributed by atoms with Gasteiger partial charge in [0.25, 0.3) is 5.91 Å². The molecule has 3 heteroatoms. The van der Waals surface area contributed by atoms with Crippen LogP contribution >= 0.6 is 0 Å². The van der Waals surface area contributed by atoms with E-state index in [-0.39, 0.29) is 11.9 Å². The van der Waals surface area contributed by atoms with E-state index in [1.54, 1.807) is 6.07 Å². The lowest BCUT2D eigenvalue weighted by Gasteiger charge is -2.32. The average Bonchev–Trinajstić information content (AvgIpc) is 2.31. The average molecular weight is 260 g/mol. The molecule has 2 atom stereocenters. The third kappa shape index (κ3) is 3.28. The first kappa shape index (κ1) is 13.9. The summed E-state index contributed by atoms with van der Waals surface area (Å²) in [6.45, 7) is 6.45. The standard InChI is InChI=1S/C16H24N2O/c1-10-7-11(2)9-13(8-10)18-16(19)14-6-4-5-12(3)15(14)17/h4-6,10-11,13H,7-9,17H2,1-3H3,(H,18,19). The fraction of sp³-hybridized carbons (Fsp3) is 0.562. The SMILES string of the molecule is Cc1cccc(C(=O)NC2CC(C)CC(C)C2)c1N. The summed E-state index contributed by atoms with van der Waals surface area (Å²) in [5.74, 6) is 1.33. The molecule has 0 heterocycles. The molecule has 1 aromatic carbocycles. The second-order valence-electron chi connectivity index (χ2n) is 6.12. The van der Waals surface area contributed by atoms with Gasteiger partial charge >= 0.3 is 0 Å². The highest BCUT2D eigenvalue weighted by Gasteiger charge is 2.25. The number of para-hydroxylation sites is 1. The van der Waals surface area contributed by atoms with Gasteiger partial charge in [-0.15, -0.1) is 0 Å². The first-order chi connectivity index (χ1) is 8.97. The second-order valence-corrected chi connectivity index (χ2v) is 6.12. The van der Waals surface area contributed by atoms with Gasteiger partial charge in [0.05, 0.1) is 5.56 Å². The highest BCUT2D eigenvalue weighted by molar-refractivity contribution is 5.99. The molecule has 1 fully saturated rings. The fourth-order valence-electron chi connectivity index (χ4n) is 3.21. The Morgan fingerprint density at radius 3 is 2.47 bits per heavy atom. The Morgan fingerprint density at radius 1 is 1.21 bits per heavy atom. The lowest BCUT2D eigenvalue weighted by molar-refractivity contribution is 0.0912. The molecule has 104 valence electrons. The van der Waals surface area contributed by atoms with Gasteiger partial charge in [-0.3, -0.25) is 4.79 Å². The largest absolute Gasteiger partial charge is 0.398 e. The van der Waals surface area contributed by atoms with Crippen molar-refractivity contribution >= 4 is 11.6 Å². The molecular formula is C16H24N2O. The van der Waals surface area contributed by atoms with Gasteiger partial charge in [0.2, 0.25) is 0 Å². The molecule has 1 amide bonds. The zero-order chi connectivity index (χ0) is 14.0. The second kappa shape index (κ2) is 5.64. The number of nitrogen functional groups attached to an aromatic ring is 1. The van der Waals surface area contributed by atoms with Crippen LogP contribution in [0.15, 0.2) is 18.2 Å². The van der Waals surface area contributed by atoms with Crippen molar-refractivity contribution < 1.29 is 4.79 Å². The lowest BCUT2D eigenvalue weighted by atomic mass is 9.80. The quantitative estimate of drug-likeness (QED) is 0.803. The minimum absolute atomic E-state index is 0.0347. The van der Waals surface area contributed by atoms with Gasteiger partial charge in [0, 0.05) is 11.7 Å². The summed E-state index contributed by atoms with van der Waals surface area (Å²) in [5, 5.41) is 3.15. The summed E-state index contributed by atoms with van der Waals surface area (Å²) < 4.78 is 0. The predicted molar refractivity (Wildman–Crippen MR) is 79.0 cm³/mol. The van der Waals surface area contributed by atoms with Crippen molar-refractivity contribution in [3.8, 4) is 0 Å². The summed E-state index contributed by atoms with van der Waals surface area (Å²) in [4.78, 5) is 12.3. The van der Waals surface area contributed by atoms with Crippen LogP contribution in [0.1, 0.15) is 49.0 Å². The van der Waals surface area contributed by atoms with E-state index in [0.717, 1.165) is 18.4 Å². The fourth-order valence-corrected chi connectivity index (χ4v) is 3.21. The number of carbonyl (C=O) groups is 1. The molecule has 0 saturated heterocycles. The Kier molecular flexibility index (Phi) is 4.13. The molecule has 1 saturated carbocycles. The van der Waals surface area contributed by atoms with Crippen LogP contribution < -0.4 is 11.1 Å². The van der Waals surface area contributed by atoms with E-state index in [9.17, 15) is 4.79 Å². The molecule has 19 heavy (non-hydrogen) atoms. The number of nitrogens with two attached hydrogens (primary N) is 1. The monoisotopic (exact) mass is 260 g/mol. The Morgan fingerprint density at radius 2 is 1.84 bits per heavy atom. The van der Waals surface area contributed by atoms with Crippen molar-refractivity contribution in [3.63, 3.8) is 0 Å². The van der Waals surface area contributed by atoms with Crippen LogP contribution in [0.5, 0.6) is 0 Å². The topological polar surface area (TPSA) is 55.1 Å². The number of benzene rings is 1. The molecule has 3 nitrogen and oxygen atoms in total. The van der Waals surface area contributed by atoms with Crippen LogP contribution in [-0.4, -0.2) is 11.9 Å². The van der Waals surface area contributed by atoms with Gasteiger partial charge in [0.1, 0.15) is 0 Å². The summed E-state index contributed by atoms with van der Waals surface area (Å²) >= 11 is 0. The highest BCUT2D eigenvalue weighted by Crippen LogP contribution is 2.29. The number of aryl methyl sites for hydroxylation is 1. The molecule has 2 unspecified atom stereocenters. The number of carbonyl (C=O) groups excluding carboxylic acids is 1. The minimum atomic E-state index is -0.0347. The normalized spacial score (nSPS) is 27.0. The maximum atomic E-state index is 12.3. The van der Waals surface area contributed by atoms with Gasteiger partial charge in [0.15, 0.2) is 0 Å². The Balaban J connectivity index is 2.06. The van der Waals surface area contributed by atoms with E-state index < -0.39 is 0 Å². The van der Waals surface area contributed by atoms with E-state index in [4.69, 9.17) is 5.73 Å². The molecule has 1 aliphatic rings. The van der Waals surface area contributed by atoms with Gasteiger partial charge in [-0.25, -0.2) is 0 Å². The van der Waals surface area contributed by atoms with Crippen molar-refractivity contribution in [2.24, 2.45) is 11.8 Å². The zero-order valence-electron chi connectivity index (χ0n) is 12.1.